The average Bonchev–Trinajstić information content (AvgIpc) is 2.67. The van der Waals surface area contributed by atoms with Crippen LogP contribution in [-0.2, 0) is 17.3 Å². The summed E-state index contributed by atoms with van der Waals surface area (Å²) in [6.45, 7) is 1.96. The summed E-state index contributed by atoms with van der Waals surface area (Å²) in [5.41, 5.74) is -0.160. The summed E-state index contributed by atoms with van der Waals surface area (Å²) in [5, 5.41) is 9.69. The number of allylic oxidation sites excluding steroid dienone is 1. The topological polar surface area (TPSA) is 53.3 Å². The molecule has 146 valence electrons. The van der Waals surface area contributed by atoms with E-state index in [9.17, 15) is 23.2 Å². The number of aryl methyl sites for hydroxylation is 1. The van der Waals surface area contributed by atoms with Crippen LogP contribution in [0.5, 0.6) is 0 Å². The van der Waals surface area contributed by atoms with E-state index in [0.717, 1.165) is 23.0 Å². The highest BCUT2D eigenvalue weighted by Gasteiger charge is 2.35. The highest BCUT2D eigenvalue weighted by molar-refractivity contribution is 5.98. The largest absolute Gasteiger partial charge is 0.417 e. The fourth-order valence-electron chi connectivity index (χ4n) is 2.50. The molecule has 0 aliphatic heterocycles. The molecule has 0 fully saturated rings. The number of rotatable bonds is 4. The van der Waals surface area contributed by atoms with E-state index in [4.69, 9.17) is 4.74 Å². The second-order valence-electron chi connectivity index (χ2n) is 6.17. The van der Waals surface area contributed by atoms with Crippen molar-refractivity contribution < 1.29 is 22.7 Å². The Morgan fingerprint density at radius 3 is 2.21 bits per heavy atom. The molecule has 0 atom stereocenters. The van der Waals surface area contributed by atoms with Crippen molar-refractivity contribution in [3.8, 4) is 6.07 Å². The van der Waals surface area contributed by atoms with Crippen molar-refractivity contribution in [1.82, 2.24) is 4.90 Å². The molecule has 4 nitrogen and oxygen atoms in total. The minimum Gasteiger partial charge on any atom is -0.408 e. The minimum absolute atomic E-state index is 0.158. The van der Waals surface area contributed by atoms with Gasteiger partial charge in [0.1, 0.15) is 11.6 Å². The molecule has 0 aliphatic rings. The van der Waals surface area contributed by atoms with Crippen molar-refractivity contribution >= 4 is 17.4 Å². The third-order valence-electron chi connectivity index (χ3n) is 4.02. The Hall–Kier alpha value is -3.27. The van der Waals surface area contributed by atoms with Crippen LogP contribution in [0.3, 0.4) is 0 Å². The molecule has 0 spiro atoms. The Labute approximate surface area is 161 Å². The molecular weight excluding hydrogens is 369 g/mol. The molecule has 0 unspecified atom stereocenters. The first-order valence-electron chi connectivity index (χ1n) is 8.48. The molecule has 2 rings (SSSR count). The van der Waals surface area contributed by atoms with Crippen molar-refractivity contribution in [3.63, 3.8) is 0 Å². The lowest BCUT2D eigenvalue weighted by molar-refractivity contribution is -0.137. The average molecular weight is 388 g/mol. The number of nitrogens with zero attached hydrogens (tertiary/aromatic N) is 2. The van der Waals surface area contributed by atoms with Crippen LogP contribution in [0.2, 0.25) is 0 Å². The Morgan fingerprint density at radius 1 is 1.11 bits per heavy atom. The molecule has 0 aliphatic carbocycles. The first-order chi connectivity index (χ1) is 13.2. The molecule has 0 heterocycles. The molecule has 2 aromatic rings. The van der Waals surface area contributed by atoms with Gasteiger partial charge >= 0.3 is 12.3 Å². The predicted molar refractivity (Wildman–Crippen MR) is 99.9 cm³/mol. The third-order valence-corrected chi connectivity index (χ3v) is 4.02. The summed E-state index contributed by atoms with van der Waals surface area (Å²) in [7, 11) is 2.80. The molecule has 0 saturated heterocycles. The fraction of sp³-hybridized carbons (Fsp3) is 0.238. The summed E-state index contributed by atoms with van der Waals surface area (Å²) >= 11 is 0. The molecule has 0 N–H and O–H groups in total. The van der Waals surface area contributed by atoms with Crippen LogP contribution >= 0.6 is 0 Å². The summed E-state index contributed by atoms with van der Waals surface area (Å²) < 4.78 is 45.8. The first kappa shape index (κ1) is 21.0. The van der Waals surface area contributed by atoms with E-state index >= 15 is 0 Å². The number of halogens is 3. The Kier molecular flexibility index (Phi) is 6.47. The SMILES string of the molecule is CCc1ccc(C(C#N)=C(OC(=O)N(C)C)c2ccccc2C(F)(F)F)cc1. The standard InChI is InChI=1S/C21H19F3N2O2/c1-4-14-9-11-15(12-10-14)17(13-25)19(28-20(27)26(2)3)16-7-5-6-8-18(16)21(22,23)24/h5-12H,4H2,1-3H3. The van der Waals surface area contributed by atoms with Gasteiger partial charge in [0.05, 0.1) is 5.56 Å². The smallest absolute Gasteiger partial charge is 0.408 e. The van der Waals surface area contributed by atoms with Gasteiger partial charge in [-0.2, -0.15) is 18.4 Å². The monoisotopic (exact) mass is 388 g/mol. The van der Waals surface area contributed by atoms with Crippen molar-refractivity contribution in [2.24, 2.45) is 0 Å². The summed E-state index contributed by atoms with van der Waals surface area (Å²) in [6.07, 6.45) is -4.80. The Morgan fingerprint density at radius 2 is 1.71 bits per heavy atom. The van der Waals surface area contributed by atoms with Gasteiger partial charge < -0.3 is 9.64 Å². The van der Waals surface area contributed by atoms with Crippen LogP contribution in [-0.4, -0.2) is 25.1 Å². The highest BCUT2D eigenvalue weighted by atomic mass is 19.4. The molecular formula is C21H19F3N2O2. The number of hydrogen-bond acceptors (Lipinski definition) is 3. The highest BCUT2D eigenvalue weighted by Crippen LogP contribution is 2.38. The van der Waals surface area contributed by atoms with Crippen molar-refractivity contribution in [2.75, 3.05) is 14.1 Å². The Balaban J connectivity index is 2.76. The van der Waals surface area contributed by atoms with Gasteiger partial charge in [0.25, 0.3) is 0 Å². The van der Waals surface area contributed by atoms with E-state index < -0.39 is 23.6 Å². The number of alkyl halides is 3. The van der Waals surface area contributed by atoms with E-state index in [1.807, 2.05) is 13.0 Å². The molecule has 0 saturated carbocycles. The zero-order chi connectivity index (χ0) is 20.9. The summed E-state index contributed by atoms with van der Waals surface area (Å²) in [4.78, 5) is 13.2. The van der Waals surface area contributed by atoms with Gasteiger partial charge in [0.2, 0.25) is 0 Å². The number of ether oxygens (including phenoxy) is 1. The van der Waals surface area contributed by atoms with Gasteiger partial charge in [0.15, 0.2) is 5.76 Å². The number of carbonyl (C=O) groups is 1. The number of amides is 1. The maximum atomic E-state index is 13.5. The maximum Gasteiger partial charge on any atom is 0.417 e. The van der Waals surface area contributed by atoms with Crippen molar-refractivity contribution in [3.05, 3.63) is 70.8 Å². The number of benzene rings is 2. The molecule has 0 bridgehead atoms. The zero-order valence-electron chi connectivity index (χ0n) is 15.7. The van der Waals surface area contributed by atoms with E-state index in [2.05, 4.69) is 0 Å². The lowest BCUT2D eigenvalue weighted by Crippen LogP contribution is -2.23. The van der Waals surface area contributed by atoms with Gasteiger partial charge in [-0.05, 0) is 23.6 Å². The zero-order valence-corrected chi connectivity index (χ0v) is 15.7. The lowest BCUT2D eigenvalue weighted by atomic mass is 9.97. The van der Waals surface area contributed by atoms with Crippen LogP contribution < -0.4 is 0 Å². The van der Waals surface area contributed by atoms with Gasteiger partial charge in [-0.25, -0.2) is 4.79 Å². The summed E-state index contributed by atoms with van der Waals surface area (Å²) in [6, 6.07) is 13.4. The van der Waals surface area contributed by atoms with E-state index in [1.165, 1.54) is 32.3 Å². The molecule has 0 radical (unpaired) electrons. The normalized spacial score (nSPS) is 12.0. The van der Waals surface area contributed by atoms with Crippen LogP contribution in [0.25, 0.3) is 11.3 Å². The summed E-state index contributed by atoms with van der Waals surface area (Å²) in [5.74, 6) is -0.432. The molecule has 1 amide bonds. The quantitative estimate of drug-likeness (QED) is 0.403. The van der Waals surface area contributed by atoms with E-state index in [0.29, 0.717) is 5.56 Å². The fourth-order valence-corrected chi connectivity index (χ4v) is 2.50. The van der Waals surface area contributed by atoms with Crippen molar-refractivity contribution in [2.45, 2.75) is 19.5 Å². The molecule has 7 heteroatoms. The van der Waals surface area contributed by atoms with Crippen molar-refractivity contribution in [1.29, 1.82) is 5.26 Å². The lowest BCUT2D eigenvalue weighted by Gasteiger charge is -2.19. The van der Waals surface area contributed by atoms with Crippen LogP contribution in [0.15, 0.2) is 48.5 Å². The third kappa shape index (κ3) is 4.71. The second kappa shape index (κ2) is 8.61. The molecule has 2 aromatic carbocycles. The number of hydrogen-bond donors (Lipinski definition) is 0. The van der Waals surface area contributed by atoms with Crippen LogP contribution in [0.1, 0.15) is 29.2 Å². The second-order valence-corrected chi connectivity index (χ2v) is 6.17. The first-order valence-corrected chi connectivity index (χ1v) is 8.48. The van der Waals surface area contributed by atoms with Gasteiger partial charge in [0, 0.05) is 19.7 Å². The van der Waals surface area contributed by atoms with Crippen LogP contribution in [0, 0.1) is 11.3 Å². The maximum absolute atomic E-state index is 13.5. The number of nitriles is 1. The van der Waals surface area contributed by atoms with Gasteiger partial charge in [-0.1, -0.05) is 49.4 Å². The van der Waals surface area contributed by atoms with E-state index in [-0.39, 0.29) is 11.1 Å². The molecule has 0 aromatic heterocycles. The van der Waals surface area contributed by atoms with Crippen LogP contribution in [0.4, 0.5) is 18.0 Å². The predicted octanol–water partition coefficient (Wildman–Crippen LogP) is 5.36. The van der Waals surface area contributed by atoms with Gasteiger partial charge in [-0.15, -0.1) is 0 Å². The molecule has 28 heavy (non-hydrogen) atoms. The van der Waals surface area contributed by atoms with Gasteiger partial charge in [-0.3, -0.25) is 0 Å². The minimum atomic E-state index is -4.68. The van der Waals surface area contributed by atoms with E-state index in [1.54, 1.807) is 24.3 Å². The number of carbonyl (C=O) groups excluding carboxylic acids is 1. The Bertz CT molecular complexity index is 924.